The van der Waals surface area contributed by atoms with Crippen LogP contribution in [0.3, 0.4) is 0 Å². The summed E-state index contributed by atoms with van der Waals surface area (Å²) in [5, 5.41) is 2.91. The van der Waals surface area contributed by atoms with E-state index in [4.69, 9.17) is 0 Å². The summed E-state index contributed by atoms with van der Waals surface area (Å²) in [4.78, 5) is 19.3. The predicted molar refractivity (Wildman–Crippen MR) is 115 cm³/mol. The summed E-state index contributed by atoms with van der Waals surface area (Å²) in [5.41, 5.74) is 3.07. The maximum absolute atomic E-state index is 13.2. The van der Waals surface area contributed by atoms with E-state index in [2.05, 4.69) is 27.3 Å². The second-order valence-electron chi connectivity index (χ2n) is 6.98. The van der Waals surface area contributed by atoms with E-state index in [-0.39, 0.29) is 11.7 Å². The van der Waals surface area contributed by atoms with Crippen LogP contribution >= 0.6 is 11.8 Å². The number of thioether (sulfide) groups is 1. The molecule has 0 radical (unpaired) electrons. The number of nitrogens with one attached hydrogen (secondary N) is 1. The SMILES string of the molecule is O=C(Nc1ccc(CCN2CCSCC2)cc1)c1cncn1-c1ccc(F)cc1. The van der Waals surface area contributed by atoms with E-state index < -0.39 is 0 Å². The molecule has 7 heteroatoms. The summed E-state index contributed by atoms with van der Waals surface area (Å²) in [5.74, 6) is 1.86. The number of amides is 1. The van der Waals surface area contributed by atoms with E-state index in [1.54, 1.807) is 23.0 Å². The van der Waals surface area contributed by atoms with E-state index in [0.29, 0.717) is 11.4 Å². The third-order valence-corrected chi connectivity index (χ3v) is 5.95. The van der Waals surface area contributed by atoms with Crippen molar-refractivity contribution in [1.82, 2.24) is 14.5 Å². The Hall–Kier alpha value is -2.64. The van der Waals surface area contributed by atoms with Crippen molar-refractivity contribution in [1.29, 1.82) is 0 Å². The van der Waals surface area contributed by atoms with Crippen LogP contribution < -0.4 is 5.32 Å². The molecule has 0 atom stereocenters. The predicted octanol–water partition coefficient (Wildman–Crippen LogP) is 3.86. The van der Waals surface area contributed by atoms with Crippen LogP contribution in [-0.2, 0) is 6.42 Å². The first-order chi connectivity index (χ1) is 14.2. The Morgan fingerprint density at radius 1 is 1.07 bits per heavy atom. The molecule has 1 aliphatic rings. The van der Waals surface area contributed by atoms with E-state index in [1.807, 2.05) is 23.9 Å². The fourth-order valence-electron chi connectivity index (χ4n) is 3.33. The van der Waals surface area contributed by atoms with Gasteiger partial charge in [-0.15, -0.1) is 0 Å². The summed E-state index contributed by atoms with van der Waals surface area (Å²) in [6, 6.07) is 13.9. The highest BCUT2D eigenvalue weighted by atomic mass is 32.2. The molecule has 1 fully saturated rings. The van der Waals surface area contributed by atoms with Crippen LogP contribution in [0.1, 0.15) is 16.1 Å². The van der Waals surface area contributed by atoms with Gasteiger partial charge in [-0.25, -0.2) is 9.37 Å². The molecule has 3 aromatic rings. The lowest BCUT2D eigenvalue weighted by atomic mass is 10.1. The zero-order valence-corrected chi connectivity index (χ0v) is 16.9. The number of anilines is 1. The molecule has 1 N–H and O–H groups in total. The zero-order chi connectivity index (χ0) is 20.1. The number of carbonyl (C=O) groups is 1. The molecule has 150 valence electrons. The van der Waals surface area contributed by atoms with Crippen LogP contribution in [0.15, 0.2) is 61.1 Å². The van der Waals surface area contributed by atoms with Gasteiger partial charge in [0.2, 0.25) is 0 Å². The van der Waals surface area contributed by atoms with Crippen LogP contribution in [0.5, 0.6) is 0 Å². The Labute approximate surface area is 173 Å². The van der Waals surface area contributed by atoms with Crippen LogP contribution in [-0.4, -0.2) is 51.5 Å². The summed E-state index contributed by atoms with van der Waals surface area (Å²) in [6.07, 6.45) is 4.06. The number of imidazole rings is 1. The quantitative estimate of drug-likeness (QED) is 0.671. The second kappa shape index (κ2) is 9.24. The minimum Gasteiger partial charge on any atom is -0.321 e. The first kappa shape index (κ1) is 19.7. The minimum absolute atomic E-state index is 0.259. The summed E-state index contributed by atoms with van der Waals surface area (Å²) in [7, 11) is 0. The van der Waals surface area contributed by atoms with Crippen LogP contribution in [0.25, 0.3) is 5.69 Å². The Bertz CT molecular complexity index is 950. The van der Waals surface area contributed by atoms with Crippen LogP contribution in [0.2, 0.25) is 0 Å². The number of halogens is 1. The molecule has 1 amide bonds. The van der Waals surface area contributed by atoms with Gasteiger partial charge in [0.15, 0.2) is 0 Å². The first-order valence-electron chi connectivity index (χ1n) is 9.68. The van der Waals surface area contributed by atoms with Crippen molar-refractivity contribution < 1.29 is 9.18 Å². The molecule has 1 saturated heterocycles. The summed E-state index contributed by atoms with van der Waals surface area (Å²) < 4.78 is 14.8. The molecule has 29 heavy (non-hydrogen) atoms. The van der Waals surface area contributed by atoms with Crippen molar-refractivity contribution in [3.8, 4) is 5.69 Å². The van der Waals surface area contributed by atoms with Crippen molar-refractivity contribution in [2.24, 2.45) is 0 Å². The Morgan fingerprint density at radius 3 is 2.52 bits per heavy atom. The molecule has 2 heterocycles. The van der Waals surface area contributed by atoms with Crippen LogP contribution in [0, 0.1) is 5.82 Å². The Kier molecular flexibility index (Phi) is 6.27. The molecule has 0 aliphatic carbocycles. The number of aromatic nitrogens is 2. The highest BCUT2D eigenvalue weighted by Crippen LogP contribution is 2.16. The molecule has 5 nitrogen and oxygen atoms in total. The fourth-order valence-corrected chi connectivity index (χ4v) is 4.31. The molecule has 1 aromatic heterocycles. The van der Waals surface area contributed by atoms with Gasteiger partial charge in [0, 0.05) is 42.5 Å². The van der Waals surface area contributed by atoms with Gasteiger partial charge >= 0.3 is 0 Å². The van der Waals surface area contributed by atoms with Gasteiger partial charge in [-0.3, -0.25) is 9.36 Å². The van der Waals surface area contributed by atoms with Gasteiger partial charge < -0.3 is 10.2 Å². The normalized spacial score (nSPS) is 14.7. The Balaban J connectivity index is 1.37. The monoisotopic (exact) mass is 410 g/mol. The number of carbonyl (C=O) groups excluding carboxylic acids is 1. The zero-order valence-electron chi connectivity index (χ0n) is 16.1. The Morgan fingerprint density at radius 2 is 1.79 bits per heavy atom. The lowest BCUT2D eigenvalue weighted by Crippen LogP contribution is -2.34. The number of rotatable bonds is 6. The third-order valence-electron chi connectivity index (χ3n) is 5.01. The highest BCUT2D eigenvalue weighted by Gasteiger charge is 2.14. The molecular weight excluding hydrogens is 387 g/mol. The average Bonchev–Trinajstić information content (AvgIpc) is 3.25. The minimum atomic E-state index is -0.320. The van der Waals surface area contributed by atoms with Gasteiger partial charge in [0.25, 0.3) is 5.91 Å². The lowest BCUT2D eigenvalue weighted by molar-refractivity contribution is 0.102. The standard InChI is InChI=1S/C22H23FN4OS/c23-18-3-7-20(8-4-18)27-16-24-15-21(27)22(28)25-19-5-1-17(2-6-19)9-10-26-11-13-29-14-12-26/h1-8,15-16H,9-14H2,(H,25,28). The van der Waals surface area contributed by atoms with Crippen molar-refractivity contribution in [3.63, 3.8) is 0 Å². The average molecular weight is 411 g/mol. The molecule has 4 rings (SSSR count). The van der Waals surface area contributed by atoms with Crippen LogP contribution in [0.4, 0.5) is 10.1 Å². The van der Waals surface area contributed by atoms with Gasteiger partial charge in [-0.05, 0) is 48.4 Å². The molecule has 0 saturated carbocycles. The van der Waals surface area contributed by atoms with Gasteiger partial charge in [0.05, 0.1) is 12.5 Å². The number of hydrogen-bond donors (Lipinski definition) is 1. The molecule has 0 spiro atoms. The smallest absolute Gasteiger partial charge is 0.274 e. The van der Waals surface area contributed by atoms with Crippen molar-refractivity contribution in [2.75, 3.05) is 36.5 Å². The third kappa shape index (κ3) is 5.05. The number of hydrogen-bond acceptors (Lipinski definition) is 4. The second-order valence-corrected chi connectivity index (χ2v) is 8.21. The lowest BCUT2D eigenvalue weighted by Gasteiger charge is -2.26. The number of benzene rings is 2. The maximum Gasteiger partial charge on any atom is 0.274 e. The largest absolute Gasteiger partial charge is 0.321 e. The molecule has 1 aliphatic heterocycles. The summed E-state index contributed by atoms with van der Waals surface area (Å²) in [6.45, 7) is 3.41. The van der Waals surface area contributed by atoms with Crippen molar-refractivity contribution in [2.45, 2.75) is 6.42 Å². The molecular formula is C22H23FN4OS. The fraction of sp³-hybridized carbons (Fsp3) is 0.273. The molecule has 2 aromatic carbocycles. The van der Waals surface area contributed by atoms with E-state index in [9.17, 15) is 9.18 Å². The van der Waals surface area contributed by atoms with Gasteiger partial charge in [0.1, 0.15) is 11.5 Å². The maximum atomic E-state index is 13.2. The van der Waals surface area contributed by atoms with E-state index in [0.717, 1.165) is 18.7 Å². The van der Waals surface area contributed by atoms with Crippen molar-refractivity contribution in [3.05, 3.63) is 78.1 Å². The van der Waals surface area contributed by atoms with Gasteiger partial charge in [-0.2, -0.15) is 11.8 Å². The number of nitrogens with zero attached hydrogens (tertiary/aromatic N) is 3. The highest BCUT2D eigenvalue weighted by molar-refractivity contribution is 7.99. The molecule has 0 unspecified atom stereocenters. The topological polar surface area (TPSA) is 50.2 Å². The van der Waals surface area contributed by atoms with Crippen molar-refractivity contribution >= 4 is 23.4 Å². The molecule has 0 bridgehead atoms. The van der Waals surface area contributed by atoms with E-state index in [1.165, 1.54) is 48.5 Å². The van der Waals surface area contributed by atoms with Gasteiger partial charge in [-0.1, -0.05) is 12.1 Å². The summed E-state index contributed by atoms with van der Waals surface area (Å²) >= 11 is 2.02. The first-order valence-corrected chi connectivity index (χ1v) is 10.8. The van der Waals surface area contributed by atoms with E-state index >= 15 is 0 Å².